The van der Waals surface area contributed by atoms with E-state index in [0.717, 1.165) is 48.7 Å². The number of anilines is 1. The third kappa shape index (κ3) is 3.79. The highest BCUT2D eigenvalue weighted by Crippen LogP contribution is 2.24. The monoisotopic (exact) mass is 343 g/mol. The molecule has 0 bridgehead atoms. The lowest BCUT2D eigenvalue weighted by molar-refractivity contribution is 0.0815. The smallest absolute Gasteiger partial charge is 0.291 e. The molecule has 1 fully saturated rings. The number of carbonyl (C=O) groups excluding carboxylic acids is 1. The molecule has 1 atom stereocenters. The normalized spacial score (nSPS) is 17.1. The molecule has 2 aromatic heterocycles. The Bertz CT molecular complexity index is 742. The Morgan fingerprint density at radius 2 is 2.20 bits per heavy atom. The molecule has 3 rings (SSSR count). The van der Waals surface area contributed by atoms with Crippen molar-refractivity contribution in [2.45, 2.75) is 32.9 Å². The number of hydrogen-bond acceptors (Lipinski definition) is 6. The van der Waals surface area contributed by atoms with E-state index in [2.05, 4.69) is 30.4 Å². The molecule has 0 aromatic carbocycles. The molecule has 0 saturated carbocycles. The van der Waals surface area contributed by atoms with Crippen molar-refractivity contribution in [3.05, 3.63) is 35.0 Å². The lowest BCUT2D eigenvalue weighted by Gasteiger charge is -2.22. The molecule has 3 heterocycles. The second kappa shape index (κ2) is 7.18. The second-order valence-corrected chi connectivity index (χ2v) is 6.70. The fourth-order valence-electron chi connectivity index (χ4n) is 2.97. The largest absolute Gasteiger partial charge is 0.355 e. The van der Waals surface area contributed by atoms with E-state index in [0.29, 0.717) is 6.04 Å². The van der Waals surface area contributed by atoms with Crippen LogP contribution in [0.15, 0.2) is 12.4 Å². The van der Waals surface area contributed by atoms with Crippen molar-refractivity contribution in [3.63, 3.8) is 0 Å². The molecule has 1 aliphatic heterocycles. The molecule has 2 aromatic rings. The number of carbonyl (C=O) groups is 1. The first-order chi connectivity index (χ1) is 12.0. The number of hydrogen-bond donors (Lipinski definition) is 2. The lowest BCUT2D eigenvalue weighted by atomic mass is 10.2. The summed E-state index contributed by atoms with van der Waals surface area (Å²) in [5.41, 5.74) is 3.03. The Hall–Kier alpha value is -2.48. The summed E-state index contributed by atoms with van der Waals surface area (Å²) in [5, 5.41) is 10.3. The third-order valence-corrected chi connectivity index (χ3v) is 4.60. The molecule has 0 spiro atoms. The van der Waals surface area contributed by atoms with Gasteiger partial charge in [0.1, 0.15) is 5.82 Å². The predicted octanol–water partition coefficient (Wildman–Crippen LogP) is 0.887. The Labute approximate surface area is 147 Å². The van der Waals surface area contributed by atoms with Gasteiger partial charge in [-0.05, 0) is 20.3 Å². The van der Waals surface area contributed by atoms with E-state index < -0.39 is 0 Å². The number of H-pyrrole nitrogens is 1. The number of amides is 1. The minimum Gasteiger partial charge on any atom is -0.355 e. The number of aryl methyl sites for hydroxylation is 1. The lowest BCUT2D eigenvalue weighted by Crippen LogP contribution is -2.33. The molecule has 1 aliphatic rings. The van der Waals surface area contributed by atoms with Crippen LogP contribution in [0.1, 0.15) is 33.9 Å². The van der Waals surface area contributed by atoms with Gasteiger partial charge in [0.05, 0.1) is 6.20 Å². The number of aromatic amines is 1. The molecule has 1 saturated heterocycles. The van der Waals surface area contributed by atoms with Crippen molar-refractivity contribution >= 4 is 11.7 Å². The molecule has 8 nitrogen and oxygen atoms in total. The van der Waals surface area contributed by atoms with Crippen LogP contribution in [0.5, 0.6) is 0 Å². The Morgan fingerprint density at radius 1 is 1.40 bits per heavy atom. The zero-order valence-corrected chi connectivity index (χ0v) is 15.2. The van der Waals surface area contributed by atoms with Gasteiger partial charge in [-0.25, -0.2) is 9.97 Å². The van der Waals surface area contributed by atoms with Gasteiger partial charge in [0.15, 0.2) is 0 Å². The summed E-state index contributed by atoms with van der Waals surface area (Å²) in [6.07, 6.45) is 4.77. The van der Waals surface area contributed by atoms with Gasteiger partial charge in [-0.15, -0.1) is 0 Å². The van der Waals surface area contributed by atoms with E-state index in [4.69, 9.17) is 0 Å². The van der Waals surface area contributed by atoms with Crippen molar-refractivity contribution in [2.24, 2.45) is 0 Å². The Kier molecular flexibility index (Phi) is 4.98. The van der Waals surface area contributed by atoms with E-state index in [1.54, 1.807) is 14.1 Å². The molecule has 2 N–H and O–H groups in total. The van der Waals surface area contributed by atoms with Crippen molar-refractivity contribution in [2.75, 3.05) is 32.1 Å². The first kappa shape index (κ1) is 17.3. The fourth-order valence-corrected chi connectivity index (χ4v) is 2.97. The molecule has 0 radical (unpaired) electrons. The van der Waals surface area contributed by atoms with Gasteiger partial charge in [0.2, 0.25) is 5.82 Å². The Morgan fingerprint density at radius 3 is 2.88 bits per heavy atom. The first-order valence-corrected chi connectivity index (χ1v) is 8.48. The molecule has 0 unspecified atom stereocenters. The quantitative estimate of drug-likeness (QED) is 0.838. The first-order valence-electron chi connectivity index (χ1n) is 8.48. The average Bonchev–Trinajstić information content (AvgIpc) is 3.25. The topological polar surface area (TPSA) is 90.0 Å². The zero-order valence-electron chi connectivity index (χ0n) is 15.2. The summed E-state index contributed by atoms with van der Waals surface area (Å²) in [5.74, 6) is 0.960. The van der Waals surface area contributed by atoms with Crippen LogP contribution in [0.3, 0.4) is 0 Å². The molecule has 1 amide bonds. The van der Waals surface area contributed by atoms with Crippen LogP contribution in [-0.2, 0) is 6.54 Å². The van der Waals surface area contributed by atoms with Crippen LogP contribution >= 0.6 is 0 Å². The van der Waals surface area contributed by atoms with Crippen LogP contribution in [0, 0.1) is 13.8 Å². The molecule has 134 valence electrons. The van der Waals surface area contributed by atoms with Gasteiger partial charge in [0, 0.05) is 62.8 Å². The van der Waals surface area contributed by atoms with Gasteiger partial charge in [0.25, 0.3) is 5.91 Å². The van der Waals surface area contributed by atoms with Crippen LogP contribution in [0.25, 0.3) is 0 Å². The van der Waals surface area contributed by atoms with Crippen molar-refractivity contribution in [3.8, 4) is 0 Å². The summed E-state index contributed by atoms with van der Waals surface area (Å²) in [4.78, 5) is 24.9. The molecule has 0 aliphatic carbocycles. The SMILES string of the molecule is Cc1nc(C(=O)N(C)C)nc(N2CC[C@@H](NCc3cn[nH]c3)C2)c1C. The van der Waals surface area contributed by atoms with Crippen molar-refractivity contribution < 1.29 is 4.79 Å². The summed E-state index contributed by atoms with van der Waals surface area (Å²) < 4.78 is 0. The van der Waals surface area contributed by atoms with Crippen LogP contribution < -0.4 is 10.2 Å². The zero-order chi connectivity index (χ0) is 18.0. The van der Waals surface area contributed by atoms with E-state index in [9.17, 15) is 4.79 Å². The summed E-state index contributed by atoms with van der Waals surface area (Å²) in [6.45, 7) is 6.51. The van der Waals surface area contributed by atoms with E-state index in [1.807, 2.05) is 26.2 Å². The Balaban J connectivity index is 1.72. The fraction of sp³-hybridized carbons (Fsp3) is 0.529. The minimum absolute atomic E-state index is 0.168. The highest BCUT2D eigenvalue weighted by molar-refractivity contribution is 5.90. The standard InChI is InChI=1S/C17H25N7O/c1-11-12(2)21-15(17(25)23(3)4)22-16(11)24-6-5-14(10-24)18-7-13-8-19-20-9-13/h8-9,14,18H,5-7,10H2,1-4H3,(H,19,20)/t14-/m1/s1. The second-order valence-electron chi connectivity index (χ2n) is 6.70. The third-order valence-electron chi connectivity index (χ3n) is 4.60. The summed E-state index contributed by atoms with van der Waals surface area (Å²) in [7, 11) is 3.43. The molecule has 25 heavy (non-hydrogen) atoms. The van der Waals surface area contributed by atoms with Gasteiger partial charge >= 0.3 is 0 Å². The minimum atomic E-state index is -0.168. The maximum atomic E-state index is 12.2. The molecular weight excluding hydrogens is 318 g/mol. The van der Waals surface area contributed by atoms with Crippen molar-refractivity contribution in [1.82, 2.24) is 30.4 Å². The van der Waals surface area contributed by atoms with Crippen LogP contribution in [-0.4, -0.2) is 64.2 Å². The maximum Gasteiger partial charge on any atom is 0.291 e. The van der Waals surface area contributed by atoms with Gasteiger partial charge < -0.3 is 15.1 Å². The van der Waals surface area contributed by atoms with E-state index >= 15 is 0 Å². The number of rotatable bonds is 5. The van der Waals surface area contributed by atoms with Crippen LogP contribution in [0.2, 0.25) is 0 Å². The maximum absolute atomic E-state index is 12.2. The van der Waals surface area contributed by atoms with Crippen molar-refractivity contribution in [1.29, 1.82) is 0 Å². The van der Waals surface area contributed by atoms with Gasteiger partial charge in [-0.3, -0.25) is 9.89 Å². The number of nitrogens with zero attached hydrogens (tertiary/aromatic N) is 5. The summed E-state index contributed by atoms with van der Waals surface area (Å²) >= 11 is 0. The van der Waals surface area contributed by atoms with Gasteiger partial charge in [-0.2, -0.15) is 5.10 Å². The molecule has 8 heteroatoms. The summed E-state index contributed by atoms with van der Waals surface area (Å²) in [6, 6.07) is 0.387. The van der Waals surface area contributed by atoms with E-state index in [1.165, 1.54) is 4.90 Å². The number of nitrogens with one attached hydrogen (secondary N) is 2. The average molecular weight is 343 g/mol. The van der Waals surface area contributed by atoms with Crippen LogP contribution in [0.4, 0.5) is 5.82 Å². The molecular formula is C17H25N7O. The number of aromatic nitrogens is 4. The highest BCUT2D eigenvalue weighted by Gasteiger charge is 2.26. The predicted molar refractivity (Wildman–Crippen MR) is 95.6 cm³/mol. The van der Waals surface area contributed by atoms with E-state index in [-0.39, 0.29) is 11.7 Å². The highest BCUT2D eigenvalue weighted by atomic mass is 16.2. The van der Waals surface area contributed by atoms with Gasteiger partial charge in [-0.1, -0.05) is 0 Å².